The zero-order valence-electron chi connectivity index (χ0n) is 7.20. The van der Waals surface area contributed by atoms with E-state index in [9.17, 15) is 9.59 Å². The third kappa shape index (κ3) is 1.00. The van der Waals surface area contributed by atoms with E-state index in [0.29, 0.717) is 0 Å². The van der Waals surface area contributed by atoms with Crippen LogP contribution in [-0.2, 0) is 0 Å². The molecule has 14 heavy (non-hydrogen) atoms. The van der Waals surface area contributed by atoms with E-state index >= 15 is 0 Å². The zero-order valence-corrected chi connectivity index (χ0v) is 7.20. The fourth-order valence-corrected chi connectivity index (χ4v) is 1.29. The smallest absolute Gasteiger partial charge is 0.341 e. The maximum atomic E-state index is 11.6. The van der Waals surface area contributed by atoms with Gasteiger partial charge in [-0.05, 0) is 6.92 Å². The number of nitrogens with one attached hydrogen (secondary N) is 1. The van der Waals surface area contributed by atoms with Crippen molar-refractivity contribution < 1.29 is 14.4 Å². The van der Waals surface area contributed by atoms with Gasteiger partial charge < -0.3 is 14.6 Å². The summed E-state index contributed by atoms with van der Waals surface area (Å²) in [7, 11) is 0. The number of aromatic carboxylic acids is 1. The van der Waals surface area contributed by atoms with Crippen LogP contribution in [0.1, 0.15) is 16.1 Å². The van der Waals surface area contributed by atoms with Crippen molar-refractivity contribution in [3.8, 4) is 0 Å². The van der Waals surface area contributed by atoms with Crippen LogP contribution in [0.15, 0.2) is 15.6 Å². The van der Waals surface area contributed by atoms with Gasteiger partial charge in [-0.2, -0.15) is 0 Å². The molecule has 72 valence electrons. The van der Waals surface area contributed by atoms with Gasteiger partial charge in [-0.3, -0.25) is 4.79 Å². The van der Waals surface area contributed by atoms with E-state index in [1.807, 2.05) is 0 Å². The molecule has 6 nitrogen and oxygen atoms in total. The zero-order chi connectivity index (χ0) is 10.3. The predicted molar refractivity (Wildman–Crippen MR) is 46.3 cm³/mol. The quantitative estimate of drug-likeness (QED) is 0.689. The summed E-state index contributed by atoms with van der Waals surface area (Å²) in [5, 5.41) is 12.4. The van der Waals surface area contributed by atoms with E-state index in [4.69, 9.17) is 5.11 Å². The van der Waals surface area contributed by atoms with E-state index in [2.05, 4.69) is 14.7 Å². The minimum absolute atomic E-state index is 0.146. The first-order chi connectivity index (χ1) is 6.61. The number of carboxylic acid groups (broad SMARTS) is 1. The summed E-state index contributed by atoms with van der Waals surface area (Å²) < 4.78 is 4.56. The van der Waals surface area contributed by atoms with E-state index in [1.54, 1.807) is 0 Å². The van der Waals surface area contributed by atoms with E-state index in [0.717, 1.165) is 6.26 Å². The summed E-state index contributed by atoms with van der Waals surface area (Å²) in [5.41, 5.74) is -0.327. The van der Waals surface area contributed by atoms with Crippen LogP contribution >= 0.6 is 0 Å². The average molecular weight is 194 g/mol. The SMILES string of the molecule is Cc1[nH]c2nocc2c(=O)c1C(=O)O. The minimum Gasteiger partial charge on any atom is -0.477 e. The summed E-state index contributed by atoms with van der Waals surface area (Å²) in [5.74, 6) is -1.26. The van der Waals surface area contributed by atoms with Crippen molar-refractivity contribution in [3.63, 3.8) is 0 Å². The molecule has 2 aromatic rings. The van der Waals surface area contributed by atoms with Crippen LogP contribution in [0.2, 0.25) is 0 Å². The van der Waals surface area contributed by atoms with Gasteiger partial charge in [0.25, 0.3) is 0 Å². The van der Waals surface area contributed by atoms with Gasteiger partial charge in [0.1, 0.15) is 17.2 Å². The topological polar surface area (TPSA) is 96.2 Å². The Morgan fingerprint density at radius 1 is 1.64 bits per heavy atom. The maximum absolute atomic E-state index is 11.6. The number of carboxylic acids is 1. The fraction of sp³-hybridized carbons (Fsp3) is 0.125. The molecule has 0 fully saturated rings. The molecule has 0 spiro atoms. The number of pyridine rings is 1. The standard InChI is InChI=1S/C8H6N2O4/c1-3-5(8(12)13)6(11)4-2-14-10-7(4)9-3/h2H,1H3,(H,9,10)(H,12,13). The van der Waals surface area contributed by atoms with Crippen molar-refractivity contribution >= 4 is 17.0 Å². The Hall–Kier alpha value is -2.11. The van der Waals surface area contributed by atoms with Crippen LogP contribution in [0.3, 0.4) is 0 Å². The Kier molecular flexibility index (Phi) is 1.63. The molecule has 0 amide bonds. The molecule has 0 saturated heterocycles. The molecule has 0 aliphatic rings. The first-order valence-electron chi connectivity index (χ1n) is 3.81. The number of aryl methyl sites for hydroxylation is 1. The number of nitrogens with zero attached hydrogens (tertiary/aromatic N) is 1. The largest absolute Gasteiger partial charge is 0.477 e. The Bertz CT molecular complexity index is 566. The van der Waals surface area contributed by atoms with Gasteiger partial charge in [0.05, 0.1) is 0 Å². The molecule has 0 unspecified atom stereocenters. The minimum atomic E-state index is -1.26. The summed E-state index contributed by atoms with van der Waals surface area (Å²) in [6.07, 6.45) is 1.13. The first kappa shape index (κ1) is 8.49. The van der Waals surface area contributed by atoms with Crippen LogP contribution in [0.25, 0.3) is 11.0 Å². The molecule has 0 radical (unpaired) electrons. The molecule has 2 N–H and O–H groups in total. The molecule has 0 aliphatic heterocycles. The van der Waals surface area contributed by atoms with E-state index in [1.165, 1.54) is 6.92 Å². The lowest BCUT2D eigenvalue weighted by Gasteiger charge is -1.98. The molecule has 2 heterocycles. The van der Waals surface area contributed by atoms with Gasteiger partial charge in [0.15, 0.2) is 5.65 Å². The Balaban J connectivity index is 2.97. The molecule has 0 bridgehead atoms. The summed E-state index contributed by atoms with van der Waals surface area (Å²) >= 11 is 0. The van der Waals surface area contributed by atoms with E-state index < -0.39 is 11.4 Å². The number of aromatic amines is 1. The van der Waals surface area contributed by atoms with Gasteiger partial charge in [-0.15, -0.1) is 0 Å². The molecule has 6 heteroatoms. The van der Waals surface area contributed by atoms with Gasteiger partial charge in [-0.25, -0.2) is 4.79 Å². The fourth-order valence-electron chi connectivity index (χ4n) is 1.29. The number of fused-ring (bicyclic) bond motifs is 1. The van der Waals surface area contributed by atoms with Gasteiger partial charge in [-0.1, -0.05) is 5.16 Å². The molecule has 0 aliphatic carbocycles. The lowest BCUT2D eigenvalue weighted by Crippen LogP contribution is -2.17. The molecular formula is C8H6N2O4. The van der Waals surface area contributed by atoms with Crippen molar-refractivity contribution in [2.24, 2.45) is 0 Å². The van der Waals surface area contributed by atoms with Crippen molar-refractivity contribution in [1.82, 2.24) is 10.1 Å². The highest BCUT2D eigenvalue weighted by Gasteiger charge is 2.16. The highest BCUT2D eigenvalue weighted by Crippen LogP contribution is 2.08. The third-order valence-corrected chi connectivity index (χ3v) is 1.94. The van der Waals surface area contributed by atoms with Crippen molar-refractivity contribution in [2.75, 3.05) is 0 Å². The average Bonchev–Trinajstić information content (AvgIpc) is 2.50. The van der Waals surface area contributed by atoms with Crippen LogP contribution in [-0.4, -0.2) is 21.2 Å². The monoisotopic (exact) mass is 194 g/mol. The molecule has 2 aromatic heterocycles. The van der Waals surface area contributed by atoms with Crippen molar-refractivity contribution in [2.45, 2.75) is 6.92 Å². The summed E-state index contributed by atoms with van der Waals surface area (Å²) in [6.45, 7) is 1.50. The second-order valence-corrected chi connectivity index (χ2v) is 2.84. The second kappa shape index (κ2) is 2.69. The summed E-state index contributed by atoms with van der Waals surface area (Å²) in [4.78, 5) is 25.0. The van der Waals surface area contributed by atoms with Gasteiger partial charge >= 0.3 is 5.97 Å². The molecule has 0 atom stereocenters. The Morgan fingerprint density at radius 2 is 2.36 bits per heavy atom. The van der Waals surface area contributed by atoms with Crippen molar-refractivity contribution in [3.05, 3.63) is 27.7 Å². The normalized spacial score (nSPS) is 10.6. The number of hydrogen-bond acceptors (Lipinski definition) is 4. The highest BCUT2D eigenvalue weighted by molar-refractivity contribution is 5.92. The summed E-state index contributed by atoms with van der Waals surface area (Å²) in [6, 6.07) is 0. The number of aromatic nitrogens is 2. The van der Waals surface area contributed by atoms with Crippen LogP contribution < -0.4 is 5.43 Å². The van der Waals surface area contributed by atoms with Gasteiger partial charge in [0.2, 0.25) is 5.43 Å². The lowest BCUT2D eigenvalue weighted by molar-refractivity contribution is 0.0694. The molecule has 0 saturated carbocycles. The van der Waals surface area contributed by atoms with Gasteiger partial charge in [0, 0.05) is 5.69 Å². The third-order valence-electron chi connectivity index (χ3n) is 1.94. The molecule has 0 aromatic carbocycles. The van der Waals surface area contributed by atoms with Crippen LogP contribution in [0.4, 0.5) is 0 Å². The number of rotatable bonds is 1. The molecular weight excluding hydrogens is 188 g/mol. The maximum Gasteiger partial charge on any atom is 0.341 e. The first-order valence-corrected chi connectivity index (χ1v) is 3.81. The van der Waals surface area contributed by atoms with E-state index in [-0.39, 0.29) is 22.3 Å². The number of hydrogen-bond donors (Lipinski definition) is 2. The Labute approximate surface area is 77.1 Å². The predicted octanol–water partition coefficient (Wildman–Crippen LogP) is 0.523. The molecule has 2 rings (SSSR count). The number of carbonyl (C=O) groups is 1. The highest BCUT2D eigenvalue weighted by atomic mass is 16.5. The Morgan fingerprint density at radius 3 is 3.00 bits per heavy atom. The second-order valence-electron chi connectivity index (χ2n) is 2.84. The number of H-pyrrole nitrogens is 1. The lowest BCUT2D eigenvalue weighted by atomic mass is 10.1. The van der Waals surface area contributed by atoms with Crippen LogP contribution in [0.5, 0.6) is 0 Å². The van der Waals surface area contributed by atoms with Crippen LogP contribution in [0, 0.1) is 6.92 Å². The van der Waals surface area contributed by atoms with Crippen molar-refractivity contribution in [1.29, 1.82) is 0 Å².